The van der Waals surface area contributed by atoms with Crippen molar-refractivity contribution in [2.75, 3.05) is 13.2 Å². The van der Waals surface area contributed by atoms with E-state index >= 15 is 0 Å². The van der Waals surface area contributed by atoms with Crippen LogP contribution in [0, 0.1) is 0 Å². The van der Waals surface area contributed by atoms with Crippen molar-refractivity contribution in [3.63, 3.8) is 0 Å². The van der Waals surface area contributed by atoms with Gasteiger partial charge in [-0.2, -0.15) is 0 Å². The molecule has 1 aromatic carbocycles. The van der Waals surface area contributed by atoms with Crippen LogP contribution < -0.4 is 4.74 Å². The van der Waals surface area contributed by atoms with Crippen LogP contribution in [0.15, 0.2) is 24.3 Å². The van der Waals surface area contributed by atoms with Gasteiger partial charge in [-0.05, 0) is 12.5 Å². The van der Waals surface area contributed by atoms with Crippen molar-refractivity contribution in [1.82, 2.24) is 0 Å². The summed E-state index contributed by atoms with van der Waals surface area (Å²) in [5.41, 5.74) is 0.0889. The van der Waals surface area contributed by atoms with Gasteiger partial charge < -0.3 is 19.7 Å². The number of aliphatic hydroxyl groups excluding tert-OH is 1. The summed E-state index contributed by atoms with van der Waals surface area (Å²) in [5.74, 6) is 0.00186. The van der Waals surface area contributed by atoms with Crippen LogP contribution in [0.5, 0.6) is 11.5 Å². The van der Waals surface area contributed by atoms with Crippen LogP contribution in [-0.2, 0) is 4.74 Å². The Kier molecular flexibility index (Phi) is 7.82. The first-order valence-electron chi connectivity index (χ1n) is 6.64. The number of allylic oxidation sites excluding steroid dienone is 1. The standard InChI is InChI=1S/C15H19ClO5/c1-2-3-4-5-15(20-7-6-17)21-14-9-13(19)11(10-18)8-12(14)16/h3-4,8-10,15,17,19H,2,5-7H2,1H3/b4-3-. The molecule has 1 rings (SSSR count). The lowest BCUT2D eigenvalue weighted by molar-refractivity contribution is -0.0861. The number of benzene rings is 1. The van der Waals surface area contributed by atoms with Gasteiger partial charge in [0.1, 0.15) is 11.5 Å². The van der Waals surface area contributed by atoms with Crippen LogP contribution in [0.3, 0.4) is 0 Å². The molecule has 0 spiro atoms. The summed E-state index contributed by atoms with van der Waals surface area (Å²) in [6, 6.07) is 2.59. The van der Waals surface area contributed by atoms with Crippen molar-refractivity contribution >= 4 is 17.9 Å². The Morgan fingerprint density at radius 2 is 2.14 bits per heavy atom. The Labute approximate surface area is 128 Å². The Morgan fingerprint density at radius 1 is 1.38 bits per heavy atom. The van der Waals surface area contributed by atoms with Gasteiger partial charge in [-0.3, -0.25) is 4.79 Å². The van der Waals surface area contributed by atoms with Gasteiger partial charge in [0.15, 0.2) is 6.29 Å². The highest BCUT2D eigenvalue weighted by Gasteiger charge is 2.14. The summed E-state index contributed by atoms with van der Waals surface area (Å²) < 4.78 is 10.9. The molecule has 0 aliphatic carbocycles. The number of halogens is 1. The zero-order valence-electron chi connectivity index (χ0n) is 11.8. The third-order valence-electron chi connectivity index (χ3n) is 2.59. The molecule has 0 fully saturated rings. The summed E-state index contributed by atoms with van der Waals surface area (Å²) in [6.07, 6.45) is 5.10. The van der Waals surface area contributed by atoms with E-state index < -0.39 is 6.29 Å². The Morgan fingerprint density at radius 3 is 2.76 bits per heavy atom. The number of hydrogen-bond acceptors (Lipinski definition) is 5. The van der Waals surface area contributed by atoms with E-state index in [0.29, 0.717) is 12.7 Å². The van der Waals surface area contributed by atoms with E-state index in [1.54, 1.807) is 0 Å². The van der Waals surface area contributed by atoms with Crippen molar-refractivity contribution in [3.05, 3.63) is 34.9 Å². The SMILES string of the molecule is CC/C=C\CC(OCCO)Oc1cc(O)c(C=O)cc1Cl. The number of aromatic hydroxyl groups is 1. The highest BCUT2D eigenvalue weighted by Crippen LogP contribution is 2.32. The van der Waals surface area contributed by atoms with Crippen molar-refractivity contribution in [1.29, 1.82) is 0 Å². The molecule has 6 heteroatoms. The monoisotopic (exact) mass is 314 g/mol. The lowest BCUT2D eigenvalue weighted by Gasteiger charge is -2.19. The number of carbonyl (C=O) groups is 1. The number of phenols is 1. The maximum Gasteiger partial charge on any atom is 0.203 e. The van der Waals surface area contributed by atoms with Crippen molar-refractivity contribution in [2.24, 2.45) is 0 Å². The third kappa shape index (κ3) is 5.75. The number of rotatable bonds is 9. The second-order valence-electron chi connectivity index (χ2n) is 4.22. The zero-order chi connectivity index (χ0) is 15.7. The molecule has 0 aliphatic heterocycles. The van der Waals surface area contributed by atoms with Gasteiger partial charge in [-0.25, -0.2) is 0 Å². The summed E-state index contributed by atoms with van der Waals surface area (Å²) in [4.78, 5) is 10.7. The number of hydrogen-bond donors (Lipinski definition) is 2. The van der Waals surface area contributed by atoms with Crippen LogP contribution in [0.2, 0.25) is 5.02 Å². The maximum absolute atomic E-state index is 10.7. The molecule has 2 N–H and O–H groups in total. The lowest BCUT2D eigenvalue weighted by atomic mass is 10.2. The van der Waals surface area contributed by atoms with E-state index in [9.17, 15) is 9.90 Å². The molecule has 0 saturated heterocycles. The van der Waals surface area contributed by atoms with Gasteiger partial charge in [-0.1, -0.05) is 30.7 Å². The van der Waals surface area contributed by atoms with Gasteiger partial charge in [-0.15, -0.1) is 0 Å². The van der Waals surface area contributed by atoms with Crippen LogP contribution in [0.25, 0.3) is 0 Å². The van der Waals surface area contributed by atoms with E-state index in [2.05, 4.69) is 0 Å². The molecule has 1 aromatic rings. The summed E-state index contributed by atoms with van der Waals surface area (Å²) in [5, 5.41) is 18.7. The number of phenolic OH excluding ortho intramolecular Hbond substituents is 1. The van der Waals surface area contributed by atoms with Crippen LogP contribution in [0.1, 0.15) is 30.1 Å². The first kappa shape index (κ1) is 17.5. The van der Waals surface area contributed by atoms with Crippen molar-refractivity contribution < 1.29 is 24.5 Å². The largest absolute Gasteiger partial charge is 0.507 e. The third-order valence-corrected chi connectivity index (χ3v) is 2.89. The fraction of sp³-hybridized carbons (Fsp3) is 0.400. The first-order chi connectivity index (χ1) is 10.1. The van der Waals surface area contributed by atoms with Gasteiger partial charge in [0.25, 0.3) is 0 Å². The zero-order valence-corrected chi connectivity index (χ0v) is 12.5. The number of ether oxygens (including phenoxy) is 2. The van der Waals surface area contributed by atoms with Gasteiger partial charge in [0.05, 0.1) is 23.8 Å². The van der Waals surface area contributed by atoms with Crippen LogP contribution in [0.4, 0.5) is 0 Å². The van der Waals surface area contributed by atoms with E-state index in [1.807, 2.05) is 19.1 Å². The van der Waals surface area contributed by atoms with Crippen molar-refractivity contribution in [3.8, 4) is 11.5 Å². The smallest absolute Gasteiger partial charge is 0.203 e. The molecule has 0 aromatic heterocycles. The summed E-state index contributed by atoms with van der Waals surface area (Å²) >= 11 is 6.00. The highest BCUT2D eigenvalue weighted by molar-refractivity contribution is 6.32. The lowest BCUT2D eigenvalue weighted by Crippen LogP contribution is -2.22. The average Bonchev–Trinajstić information content (AvgIpc) is 2.48. The van der Waals surface area contributed by atoms with E-state index in [4.69, 9.17) is 26.2 Å². The van der Waals surface area contributed by atoms with Gasteiger partial charge >= 0.3 is 0 Å². The molecule has 0 saturated carbocycles. The van der Waals surface area contributed by atoms with E-state index in [0.717, 1.165) is 6.42 Å². The topological polar surface area (TPSA) is 76.0 Å². The molecule has 0 amide bonds. The first-order valence-corrected chi connectivity index (χ1v) is 7.02. The molecule has 21 heavy (non-hydrogen) atoms. The fourth-order valence-corrected chi connectivity index (χ4v) is 1.81. The van der Waals surface area contributed by atoms with Crippen molar-refractivity contribution in [2.45, 2.75) is 26.1 Å². The minimum atomic E-state index is -0.640. The fourth-order valence-electron chi connectivity index (χ4n) is 1.59. The highest BCUT2D eigenvalue weighted by atomic mass is 35.5. The second kappa shape index (κ2) is 9.39. The van der Waals surface area contributed by atoms with E-state index in [1.165, 1.54) is 12.1 Å². The van der Waals surface area contributed by atoms with Crippen LogP contribution >= 0.6 is 11.6 Å². The number of aliphatic hydroxyl groups is 1. The van der Waals surface area contributed by atoms with Gasteiger partial charge in [0.2, 0.25) is 6.29 Å². The molecular formula is C15H19ClO5. The Hall–Kier alpha value is -1.56. The number of aldehydes is 1. The predicted octanol–water partition coefficient (Wildman–Crippen LogP) is 2.93. The predicted molar refractivity (Wildman–Crippen MR) is 80.0 cm³/mol. The summed E-state index contributed by atoms with van der Waals surface area (Å²) in [7, 11) is 0. The van der Waals surface area contributed by atoms with Gasteiger partial charge in [0, 0.05) is 12.5 Å². The Bertz CT molecular complexity index is 487. The normalized spacial score (nSPS) is 12.5. The molecule has 0 heterocycles. The molecular weight excluding hydrogens is 296 g/mol. The molecule has 5 nitrogen and oxygen atoms in total. The van der Waals surface area contributed by atoms with Crippen LogP contribution in [-0.4, -0.2) is 36.0 Å². The minimum Gasteiger partial charge on any atom is -0.507 e. The second-order valence-corrected chi connectivity index (χ2v) is 4.62. The molecule has 0 aliphatic rings. The minimum absolute atomic E-state index is 0.0889. The average molecular weight is 315 g/mol. The summed E-state index contributed by atoms with van der Waals surface area (Å²) in [6.45, 7) is 2.01. The Balaban J connectivity index is 2.83. The van der Waals surface area contributed by atoms with E-state index in [-0.39, 0.29) is 35.3 Å². The molecule has 116 valence electrons. The quantitative estimate of drug-likeness (QED) is 0.416. The molecule has 0 bridgehead atoms. The molecule has 1 unspecified atom stereocenters. The number of carbonyl (C=O) groups excluding carboxylic acids is 1. The molecule has 0 radical (unpaired) electrons. The maximum atomic E-state index is 10.7. The molecule has 1 atom stereocenters.